The summed E-state index contributed by atoms with van der Waals surface area (Å²) in [6, 6.07) is 12.2. The van der Waals surface area contributed by atoms with Gasteiger partial charge in [-0.3, -0.25) is 4.98 Å². The van der Waals surface area contributed by atoms with Crippen LogP contribution in [0.25, 0.3) is 10.9 Å². The standard InChI is InChI=1S/C14H16N2O/c15-8-14(9-17)7-11(14)13-6-5-10-3-1-2-4-12(10)16-13/h1-6,11,17H,7-9,15H2. The van der Waals surface area contributed by atoms with Crippen molar-refractivity contribution in [3.63, 3.8) is 0 Å². The lowest BCUT2D eigenvalue weighted by atomic mass is 10.0. The Labute approximate surface area is 100 Å². The van der Waals surface area contributed by atoms with Crippen LogP contribution in [-0.2, 0) is 0 Å². The van der Waals surface area contributed by atoms with E-state index in [1.807, 2.05) is 18.2 Å². The van der Waals surface area contributed by atoms with Crippen LogP contribution in [0, 0.1) is 5.41 Å². The van der Waals surface area contributed by atoms with Gasteiger partial charge in [0.15, 0.2) is 0 Å². The molecule has 2 unspecified atom stereocenters. The largest absolute Gasteiger partial charge is 0.396 e. The van der Waals surface area contributed by atoms with Gasteiger partial charge in [-0.1, -0.05) is 24.3 Å². The van der Waals surface area contributed by atoms with E-state index >= 15 is 0 Å². The minimum absolute atomic E-state index is 0.116. The normalized spacial score (nSPS) is 27.3. The maximum atomic E-state index is 9.39. The molecule has 1 aromatic heterocycles. The Balaban J connectivity index is 1.98. The van der Waals surface area contributed by atoms with Gasteiger partial charge in [-0.15, -0.1) is 0 Å². The van der Waals surface area contributed by atoms with E-state index in [9.17, 15) is 5.11 Å². The van der Waals surface area contributed by atoms with Gasteiger partial charge < -0.3 is 10.8 Å². The number of para-hydroxylation sites is 1. The van der Waals surface area contributed by atoms with Crippen molar-refractivity contribution < 1.29 is 5.11 Å². The van der Waals surface area contributed by atoms with Crippen molar-refractivity contribution in [2.24, 2.45) is 11.1 Å². The number of nitrogens with zero attached hydrogens (tertiary/aromatic N) is 1. The fourth-order valence-electron chi connectivity index (χ4n) is 2.51. The van der Waals surface area contributed by atoms with Crippen molar-refractivity contribution in [1.82, 2.24) is 4.98 Å². The molecular weight excluding hydrogens is 212 g/mol. The number of aliphatic hydroxyl groups is 1. The molecule has 0 spiro atoms. The number of hydrogen-bond donors (Lipinski definition) is 2. The molecule has 0 saturated heterocycles. The van der Waals surface area contributed by atoms with Gasteiger partial charge in [0.25, 0.3) is 0 Å². The summed E-state index contributed by atoms with van der Waals surface area (Å²) in [6.45, 7) is 0.686. The number of hydrogen-bond acceptors (Lipinski definition) is 3. The quantitative estimate of drug-likeness (QED) is 0.840. The Kier molecular flexibility index (Phi) is 2.38. The van der Waals surface area contributed by atoms with Crippen molar-refractivity contribution in [2.45, 2.75) is 12.3 Å². The zero-order chi connectivity index (χ0) is 11.9. The molecule has 1 aliphatic rings. The topological polar surface area (TPSA) is 59.1 Å². The number of pyridine rings is 1. The summed E-state index contributed by atoms with van der Waals surface area (Å²) in [4.78, 5) is 4.66. The highest BCUT2D eigenvalue weighted by molar-refractivity contribution is 5.78. The molecule has 0 aliphatic heterocycles. The molecule has 0 radical (unpaired) electrons. The van der Waals surface area contributed by atoms with E-state index < -0.39 is 0 Å². The van der Waals surface area contributed by atoms with Crippen LogP contribution in [0.2, 0.25) is 0 Å². The highest BCUT2D eigenvalue weighted by Crippen LogP contribution is 2.57. The summed E-state index contributed by atoms with van der Waals surface area (Å²) < 4.78 is 0. The summed E-state index contributed by atoms with van der Waals surface area (Å²) in [5.74, 6) is 0.321. The molecule has 2 atom stereocenters. The second-order valence-corrected chi connectivity index (χ2v) is 4.91. The predicted molar refractivity (Wildman–Crippen MR) is 67.7 cm³/mol. The smallest absolute Gasteiger partial charge is 0.0705 e. The second-order valence-electron chi connectivity index (χ2n) is 4.91. The van der Waals surface area contributed by atoms with E-state index in [1.165, 1.54) is 0 Å². The van der Waals surface area contributed by atoms with Crippen LogP contribution in [0.15, 0.2) is 36.4 Å². The van der Waals surface area contributed by atoms with Crippen LogP contribution in [0.5, 0.6) is 0 Å². The van der Waals surface area contributed by atoms with E-state index in [4.69, 9.17) is 5.73 Å². The second kappa shape index (κ2) is 3.79. The van der Waals surface area contributed by atoms with E-state index in [1.54, 1.807) is 0 Å². The Morgan fingerprint density at radius 1 is 1.29 bits per heavy atom. The summed E-state index contributed by atoms with van der Waals surface area (Å²) in [5, 5.41) is 10.5. The van der Waals surface area contributed by atoms with E-state index in [0.29, 0.717) is 12.5 Å². The number of aromatic nitrogens is 1. The molecule has 88 valence electrons. The predicted octanol–water partition coefficient (Wildman–Crippen LogP) is 1.66. The van der Waals surface area contributed by atoms with E-state index in [0.717, 1.165) is 23.0 Å². The molecule has 0 amide bonds. The molecule has 2 aromatic rings. The maximum Gasteiger partial charge on any atom is 0.0705 e. The average molecular weight is 228 g/mol. The summed E-state index contributed by atoms with van der Waals surface area (Å²) in [6.07, 6.45) is 0.950. The first-order valence-electron chi connectivity index (χ1n) is 5.96. The average Bonchev–Trinajstić information content (AvgIpc) is 3.13. The summed E-state index contributed by atoms with van der Waals surface area (Å²) in [7, 11) is 0. The number of rotatable bonds is 3. The Hall–Kier alpha value is -1.45. The Bertz CT molecular complexity index is 549. The zero-order valence-corrected chi connectivity index (χ0v) is 9.63. The third kappa shape index (κ3) is 1.63. The molecule has 3 rings (SSSR count). The van der Waals surface area contributed by atoms with Gasteiger partial charge in [-0.05, 0) is 18.6 Å². The molecule has 17 heavy (non-hydrogen) atoms. The number of aliphatic hydroxyl groups excluding tert-OH is 1. The van der Waals surface area contributed by atoms with Crippen LogP contribution < -0.4 is 5.73 Å². The van der Waals surface area contributed by atoms with Gasteiger partial charge in [0.2, 0.25) is 0 Å². The lowest BCUT2D eigenvalue weighted by Crippen LogP contribution is -2.21. The number of nitrogens with two attached hydrogens (primary N) is 1. The maximum absolute atomic E-state index is 9.39. The molecule has 0 bridgehead atoms. The third-order valence-corrected chi connectivity index (χ3v) is 3.89. The molecule has 1 aromatic carbocycles. The molecule has 3 heteroatoms. The first-order chi connectivity index (χ1) is 8.29. The van der Waals surface area contributed by atoms with Crippen molar-refractivity contribution in [1.29, 1.82) is 0 Å². The van der Waals surface area contributed by atoms with Crippen LogP contribution in [-0.4, -0.2) is 23.2 Å². The SMILES string of the molecule is NCC1(CO)CC1c1ccc2ccccc2n1. The highest BCUT2D eigenvalue weighted by Gasteiger charge is 2.54. The van der Waals surface area contributed by atoms with Crippen LogP contribution in [0.4, 0.5) is 0 Å². The van der Waals surface area contributed by atoms with Gasteiger partial charge in [-0.2, -0.15) is 0 Å². The van der Waals surface area contributed by atoms with Crippen molar-refractivity contribution in [3.05, 3.63) is 42.1 Å². The molecular formula is C14H16N2O. The van der Waals surface area contributed by atoms with Crippen LogP contribution in [0.1, 0.15) is 18.0 Å². The molecule has 1 heterocycles. The third-order valence-electron chi connectivity index (χ3n) is 3.89. The lowest BCUT2D eigenvalue weighted by molar-refractivity contribution is 0.211. The van der Waals surface area contributed by atoms with Crippen LogP contribution >= 0.6 is 0 Å². The zero-order valence-electron chi connectivity index (χ0n) is 9.63. The van der Waals surface area contributed by atoms with Crippen molar-refractivity contribution >= 4 is 10.9 Å². The fraction of sp³-hybridized carbons (Fsp3) is 0.357. The van der Waals surface area contributed by atoms with E-state index in [2.05, 4.69) is 23.2 Å². The first-order valence-corrected chi connectivity index (χ1v) is 5.96. The Morgan fingerprint density at radius 2 is 2.12 bits per heavy atom. The van der Waals surface area contributed by atoms with Gasteiger partial charge in [-0.25, -0.2) is 0 Å². The van der Waals surface area contributed by atoms with Gasteiger partial charge in [0.05, 0.1) is 12.1 Å². The van der Waals surface area contributed by atoms with Crippen LogP contribution in [0.3, 0.4) is 0 Å². The summed E-state index contributed by atoms with van der Waals surface area (Å²) in [5.41, 5.74) is 7.69. The highest BCUT2D eigenvalue weighted by atomic mass is 16.3. The molecule has 1 saturated carbocycles. The molecule has 3 N–H and O–H groups in total. The minimum Gasteiger partial charge on any atom is -0.396 e. The molecule has 1 fully saturated rings. The first kappa shape index (κ1) is 10.7. The van der Waals surface area contributed by atoms with Crippen molar-refractivity contribution in [2.75, 3.05) is 13.2 Å². The molecule has 3 nitrogen and oxygen atoms in total. The van der Waals surface area contributed by atoms with E-state index in [-0.39, 0.29) is 12.0 Å². The number of fused-ring (bicyclic) bond motifs is 1. The lowest BCUT2D eigenvalue weighted by Gasteiger charge is -2.10. The van der Waals surface area contributed by atoms with Gasteiger partial charge in [0, 0.05) is 29.0 Å². The summed E-state index contributed by atoms with van der Waals surface area (Å²) >= 11 is 0. The molecule has 1 aliphatic carbocycles. The fourth-order valence-corrected chi connectivity index (χ4v) is 2.51. The number of benzene rings is 1. The van der Waals surface area contributed by atoms with Gasteiger partial charge in [0.1, 0.15) is 0 Å². The van der Waals surface area contributed by atoms with Crippen molar-refractivity contribution in [3.8, 4) is 0 Å². The monoisotopic (exact) mass is 228 g/mol. The minimum atomic E-state index is -0.116. The Morgan fingerprint density at radius 3 is 2.82 bits per heavy atom. The van der Waals surface area contributed by atoms with Gasteiger partial charge >= 0.3 is 0 Å².